The van der Waals surface area contributed by atoms with Gasteiger partial charge in [-0.15, -0.1) is 0 Å². The quantitative estimate of drug-likeness (QED) is 0.737. The van der Waals surface area contributed by atoms with E-state index in [4.69, 9.17) is 4.74 Å². The summed E-state index contributed by atoms with van der Waals surface area (Å²) in [5.41, 5.74) is 0.888. The summed E-state index contributed by atoms with van der Waals surface area (Å²) in [7, 11) is 0. The topological polar surface area (TPSA) is 55.3 Å². The molecule has 15 heavy (non-hydrogen) atoms. The molecule has 1 atom stereocenters. The normalized spacial score (nSPS) is 20.5. The fourth-order valence-corrected chi connectivity index (χ4v) is 1.73. The third kappa shape index (κ3) is 2.06. The van der Waals surface area contributed by atoms with Gasteiger partial charge in [0, 0.05) is 19.2 Å². The Morgan fingerprint density at radius 2 is 2.53 bits per heavy atom. The van der Waals surface area contributed by atoms with Gasteiger partial charge in [-0.2, -0.15) is 10.2 Å². The second-order valence-electron chi connectivity index (χ2n) is 3.44. The van der Waals surface area contributed by atoms with Gasteiger partial charge in [-0.1, -0.05) is 0 Å². The molecular formula is C10H13N3O2. The lowest BCUT2D eigenvalue weighted by atomic mass is 10.1. The number of amides is 1. The van der Waals surface area contributed by atoms with E-state index in [1.165, 1.54) is 0 Å². The summed E-state index contributed by atoms with van der Waals surface area (Å²) in [6.45, 7) is 3.06. The molecule has 0 N–H and O–H groups in total. The minimum atomic E-state index is -0.230. The largest absolute Gasteiger partial charge is 0.447 e. The molecule has 5 heteroatoms. The lowest BCUT2D eigenvalue weighted by Crippen LogP contribution is -2.34. The third-order valence-corrected chi connectivity index (χ3v) is 2.49. The van der Waals surface area contributed by atoms with Gasteiger partial charge >= 0.3 is 6.09 Å². The highest BCUT2D eigenvalue weighted by atomic mass is 16.6. The zero-order valence-electron chi connectivity index (χ0n) is 8.59. The van der Waals surface area contributed by atoms with Crippen molar-refractivity contribution >= 4 is 6.09 Å². The molecule has 1 saturated heterocycles. The summed E-state index contributed by atoms with van der Waals surface area (Å²) in [5, 5.41) is 7.79. The molecule has 1 aliphatic heterocycles. The Kier molecular flexibility index (Phi) is 2.80. The Morgan fingerprint density at radius 3 is 3.20 bits per heavy atom. The zero-order chi connectivity index (χ0) is 10.7. The van der Waals surface area contributed by atoms with Crippen molar-refractivity contribution in [2.24, 2.45) is 0 Å². The lowest BCUT2D eigenvalue weighted by molar-refractivity contribution is 0.159. The maximum Gasteiger partial charge on any atom is 0.410 e. The summed E-state index contributed by atoms with van der Waals surface area (Å²) in [6.07, 6.45) is 2.11. The Balaban J connectivity index is 2.04. The number of nitrogens with zero attached hydrogens (tertiary/aromatic N) is 3. The number of rotatable bonds is 3. The highest BCUT2D eigenvalue weighted by molar-refractivity contribution is 5.70. The van der Waals surface area contributed by atoms with Gasteiger partial charge in [-0.05, 0) is 19.1 Å². The van der Waals surface area contributed by atoms with E-state index in [2.05, 4.69) is 10.2 Å². The van der Waals surface area contributed by atoms with Gasteiger partial charge in [0.2, 0.25) is 0 Å². The van der Waals surface area contributed by atoms with Crippen molar-refractivity contribution in [1.82, 2.24) is 15.1 Å². The minimum Gasteiger partial charge on any atom is -0.447 e. The molecule has 0 aliphatic carbocycles. The molecule has 0 aromatic carbocycles. The standard InChI is InChI=1S/C10H13N3O2/c1-2-13-9(7-15-10(13)14)6-8-4-3-5-11-12-8/h3-5,9H,2,6-7H2,1H3. The Hall–Kier alpha value is -1.65. The van der Waals surface area contributed by atoms with Crippen molar-refractivity contribution < 1.29 is 9.53 Å². The van der Waals surface area contributed by atoms with E-state index in [0.29, 0.717) is 19.6 Å². The first-order chi connectivity index (χ1) is 7.31. The van der Waals surface area contributed by atoms with E-state index < -0.39 is 0 Å². The maximum absolute atomic E-state index is 11.3. The highest BCUT2D eigenvalue weighted by Gasteiger charge is 2.31. The first-order valence-electron chi connectivity index (χ1n) is 5.01. The molecule has 1 amide bonds. The summed E-state index contributed by atoms with van der Waals surface area (Å²) < 4.78 is 4.98. The van der Waals surface area contributed by atoms with Crippen LogP contribution < -0.4 is 0 Å². The van der Waals surface area contributed by atoms with Crippen molar-refractivity contribution in [3.05, 3.63) is 24.0 Å². The van der Waals surface area contributed by atoms with E-state index in [0.717, 1.165) is 5.69 Å². The Morgan fingerprint density at radius 1 is 1.67 bits per heavy atom. The van der Waals surface area contributed by atoms with Gasteiger partial charge in [0.15, 0.2) is 0 Å². The fraction of sp³-hybridized carbons (Fsp3) is 0.500. The monoisotopic (exact) mass is 207 g/mol. The van der Waals surface area contributed by atoms with Crippen molar-refractivity contribution in [2.45, 2.75) is 19.4 Å². The second-order valence-corrected chi connectivity index (χ2v) is 3.44. The van der Waals surface area contributed by atoms with Crippen LogP contribution in [0.4, 0.5) is 4.79 Å². The predicted molar refractivity (Wildman–Crippen MR) is 53.3 cm³/mol. The molecule has 2 rings (SSSR count). The lowest BCUT2D eigenvalue weighted by Gasteiger charge is -2.18. The molecule has 0 saturated carbocycles. The molecule has 80 valence electrons. The number of likely N-dealkylation sites (N-methyl/N-ethyl adjacent to an activating group) is 1. The van der Waals surface area contributed by atoms with Crippen LogP contribution in [-0.2, 0) is 11.2 Å². The van der Waals surface area contributed by atoms with Crippen LogP contribution in [0.2, 0.25) is 0 Å². The van der Waals surface area contributed by atoms with Crippen LogP contribution in [0.3, 0.4) is 0 Å². The Labute approximate surface area is 88.1 Å². The van der Waals surface area contributed by atoms with Gasteiger partial charge < -0.3 is 9.64 Å². The first kappa shape index (κ1) is 9.89. The number of carbonyl (C=O) groups is 1. The number of hydrogen-bond donors (Lipinski definition) is 0. The van der Waals surface area contributed by atoms with E-state index in [1.54, 1.807) is 11.1 Å². The highest BCUT2D eigenvalue weighted by Crippen LogP contribution is 2.15. The molecule has 0 bridgehead atoms. The molecule has 1 fully saturated rings. The van der Waals surface area contributed by atoms with Crippen LogP contribution in [0.25, 0.3) is 0 Å². The van der Waals surface area contributed by atoms with E-state index in [-0.39, 0.29) is 12.1 Å². The van der Waals surface area contributed by atoms with Crippen molar-refractivity contribution in [2.75, 3.05) is 13.2 Å². The molecule has 2 heterocycles. The zero-order valence-corrected chi connectivity index (χ0v) is 8.59. The second kappa shape index (κ2) is 4.25. The van der Waals surface area contributed by atoms with Gasteiger partial charge in [-0.25, -0.2) is 4.79 Å². The molecule has 0 radical (unpaired) electrons. The van der Waals surface area contributed by atoms with E-state index >= 15 is 0 Å². The van der Waals surface area contributed by atoms with Crippen molar-refractivity contribution in [3.8, 4) is 0 Å². The van der Waals surface area contributed by atoms with Gasteiger partial charge in [-0.3, -0.25) is 0 Å². The van der Waals surface area contributed by atoms with Crippen LogP contribution in [-0.4, -0.2) is 40.4 Å². The SMILES string of the molecule is CCN1C(=O)OCC1Cc1cccnn1. The number of ether oxygens (including phenoxy) is 1. The Bertz CT molecular complexity index is 342. The summed E-state index contributed by atoms with van der Waals surface area (Å²) in [4.78, 5) is 13.0. The number of aromatic nitrogens is 2. The summed E-state index contributed by atoms with van der Waals surface area (Å²) in [5.74, 6) is 0. The minimum absolute atomic E-state index is 0.0965. The third-order valence-electron chi connectivity index (χ3n) is 2.49. The van der Waals surface area contributed by atoms with E-state index in [1.807, 2.05) is 19.1 Å². The summed E-state index contributed by atoms with van der Waals surface area (Å²) >= 11 is 0. The van der Waals surface area contributed by atoms with Crippen LogP contribution in [0.1, 0.15) is 12.6 Å². The van der Waals surface area contributed by atoms with Gasteiger partial charge in [0.25, 0.3) is 0 Å². The average Bonchev–Trinajstić information content (AvgIpc) is 2.61. The first-order valence-corrected chi connectivity index (χ1v) is 5.01. The summed E-state index contributed by atoms with van der Waals surface area (Å²) in [6, 6.07) is 3.85. The van der Waals surface area contributed by atoms with Crippen LogP contribution in [0, 0.1) is 0 Å². The van der Waals surface area contributed by atoms with E-state index in [9.17, 15) is 4.79 Å². The fourth-order valence-electron chi connectivity index (χ4n) is 1.73. The van der Waals surface area contributed by atoms with Gasteiger partial charge in [0.1, 0.15) is 6.61 Å². The predicted octanol–water partition coefficient (Wildman–Crippen LogP) is 0.860. The molecule has 1 aromatic rings. The van der Waals surface area contributed by atoms with Crippen molar-refractivity contribution in [3.63, 3.8) is 0 Å². The van der Waals surface area contributed by atoms with Crippen LogP contribution in [0.15, 0.2) is 18.3 Å². The van der Waals surface area contributed by atoms with Crippen LogP contribution in [0.5, 0.6) is 0 Å². The molecule has 1 unspecified atom stereocenters. The maximum atomic E-state index is 11.3. The number of carbonyl (C=O) groups excluding carboxylic acids is 1. The van der Waals surface area contributed by atoms with Gasteiger partial charge in [0.05, 0.1) is 11.7 Å². The molecular weight excluding hydrogens is 194 g/mol. The molecule has 5 nitrogen and oxygen atoms in total. The number of cyclic esters (lactones) is 1. The molecule has 1 aliphatic rings. The number of hydrogen-bond acceptors (Lipinski definition) is 4. The smallest absolute Gasteiger partial charge is 0.410 e. The molecule has 0 spiro atoms. The molecule has 1 aromatic heterocycles. The van der Waals surface area contributed by atoms with Crippen LogP contribution >= 0.6 is 0 Å². The van der Waals surface area contributed by atoms with Crippen molar-refractivity contribution in [1.29, 1.82) is 0 Å². The average molecular weight is 207 g/mol.